The summed E-state index contributed by atoms with van der Waals surface area (Å²) in [4.78, 5) is 17.9. The van der Waals surface area contributed by atoms with Crippen LogP contribution in [-0.2, 0) is 0 Å². The Morgan fingerprint density at radius 2 is 2.21 bits per heavy atom. The van der Waals surface area contributed by atoms with Crippen LogP contribution >= 0.6 is 0 Å². The number of aromatic nitrogens is 1. The fraction of sp³-hybridized carbons (Fsp3) is 0.333. The van der Waals surface area contributed by atoms with Crippen molar-refractivity contribution in [2.75, 3.05) is 18.0 Å². The van der Waals surface area contributed by atoms with Gasteiger partial charge in [0.15, 0.2) is 0 Å². The molecule has 0 aliphatic carbocycles. The first-order chi connectivity index (χ1) is 9.16. The molecular formula is C15H16N2O2. The summed E-state index contributed by atoms with van der Waals surface area (Å²) in [5.74, 6) is -0.304. The van der Waals surface area contributed by atoms with Crippen molar-refractivity contribution < 1.29 is 9.90 Å². The highest BCUT2D eigenvalue weighted by Gasteiger charge is 2.25. The third kappa shape index (κ3) is 2.03. The van der Waals surface area contributed by atoms with Crippen LogP contribution in [0.4, 0.5) is 5.69 Å². The van der Waals surface area contributed by atoms with Crippen LogP contribution in [0.25, 0.3) is 10.9 Å². The molecule has 4 nitrogen and oxygen atoms in total. The Bertz CT molecular complexity index is 639. The first-order valence-electron chi connectivity index (χ1n) is 6.53. The Morgan fingerprint density at radius 3 is 2.89 bits per heavy atom. The molecule has 1 aromatic heterocycles. The molecule has 0 amide bonds. The van der Waals surface area contributed by atoms with E-state index in [-0.39, 0.29) is 0 Å². The number of carbonyl (C=O) groups is 1. The number of anilines is 1. The monoisotopic (exact) mass is 256 g/mol. The van der Waals surface area contributed by atoms with Gasteiger partial charge in [0.05, 0.1) is 11.2 Å². The summed E-state index contributed by atoms with van der Waals surface area (Å²) < 4.78 is 0. The lowest BCUT2D eigenvalue weighted by Gasteiger charge is -2.22. The second-order valence-corrected chi connectivity index (χ2v) is 5.18. The summed E-state index contributed by atoms with van der Waals surface area (Å²) in [5, 5.41) is 10.3. The van der Waals surface area contributed by atoms with Crippen LogP contribution in [0.2, 0.25) is 0 Å². The average molecular weight is 256 g/mol. The fourth-order valence-electron chi connectivity index (χ4n) is 2.76. The van der Waals surface area contributed by atoms with Crippen LogP contribution < -0.4 is 4.90 Å². The van der Waals surface area contributed by atoms with Gasteiger partial charge in [0.2, 0.25) is 0 Å². The van der Waals surface area contributed by atoms with Gasteiger partial charge in [0.1, 0.15) is 5.56 Å². The minimum absolute atomic E-state index is 0.299. The van der Waals surface area contributed by atoms with E-state index in [4.69, 9.17) is 0 Å². The van der Waals surface area contributed by atoms with Crippen molar-refractivity contribution in [3.63, 3.8) is 0 Å². The summed E-state index contributed by atoms with van der Waals surface area (Å²) in [7, 11) is 0. The lowest BCUT2D eigenvalue weighted by atomic mass is 10.1. The number of para-hydroxylation sites is 1. The van der Waals surface area contributed by atoms with Crippen LogP contribution in [0.3, 0.4) is 0 Å². The van der Waals surface area contributed by atoms with Crippen molar-refractivity contribution in [2.24, 2.45) is 5.92 Å². The molecule has 1 N–H and O–H groups in total. The van der Waals surface area contributed by atoms with E-state index in [0.717, 1.165) is 36.1 Å². The minimum atomic E-state index is -0.909. The van der Waals surface area contributed by atoms with Gasteiger partial charge < -0.3 is 10.0 Å². The Balaban J connectivity index is 2.23. The van der Waals surface area contributed by atoms with Crippen LogP contribution in [0, 0.1) is 5.92 Å². The molecule has 1 unspecified atom stereocenters. The number of rotatable bonds is 2. The quantitative estimate of drug-likeness (QED) is 0.897. The lowest BCUT2D eigenvalue weighted by molar-refractivity contribution is 0.0697. The largest absolute Gasteiger partial charge is 0.478 e. The third-order valence-electron chi connectivity index (χ3n) is 3.72. The number of benzene rings is 1. The standard InChI is InChI=1S/C15H16N2O2/c1-10-6-7-17(9-10)14-11-4-2-3-5-13(11)16-8-12(14)15(18)19/h2-5,8,10H,6-7,9H2,1H3,(H,18,19). The lowest BCUT2D eigenvalue weighted by Crippen LogP contribution is -2.22. The van der Waals surface area contributed by atoms with Crippen LogP contribution in [0.5, 0.6) is 0 Å². The van der Waals surface area contributed by atoms with E-state index in [1.807, 2.05) is 24.3 Å². The second kappa shape index (κ2) is 4.53. The van der Waals surface area contributed by atoms with Gasteiger partial charge >= 0.3 is 5.97 Å². The van der Waals surface area contributed by atoms with Gasteiger partial charge in [-0.15, -0.1) is 0 Å². The molecule has 3 rings (SSSR count). The van der Waals surface area contributed by atoms with Gasteiger partial charge in [0, 0.05) is 24.7 Å². The smallest absolute Gasteiger partial charge is 0.339 e. The van der Waals surface area contributed by atoms with Gasteiger partial charge in [0.25, 0.3) is 0 Å². The zero-order valence-electron chi connectivity index (χ0n) is 10.8. The van der Waals surface area contributed by atoms with Crippen molar-refractivity contribution in [1.29, 1.82) is 0 Å². The maximum Gasteiger partial charge on any atom is 0.339 e. The van der Waals surface area contributed by atoms with Gasteiger partial charge in [-0.25, -0.2) is 4.79 Å². The maximum absolute atomic E-state index is 11.4. The summed E-state index contributed by atoms with van der Waals surface area (Å²) >= 11 is 0. The number of pyridine rings is 1. The first kappa shape index (κ1) is 12.0. The zero-order valence-corrected chi connectivity index (χ0v) is 10.8. The topological polar surface area (TPSA) is 53.4 Å². The van der Waals surface area contributed by atoms with E-state index in [0.29, 0.717) is 11.5 Å². The molecular weight excluding hydrogens is 240 g/mol. The zero-order chi connectivity index (χ0) is 13.4. The molecule has 1 aliphatic heterocycles. The molecule has 0 saturated carbocycles. The SMILES string of the molecule is CC1CCN(c2c(C(=O)O)cnc3ccccc23)C1. The number of carboxylic acids is 1. The van der Waals surface area contributed by atoms with E-state index in [1.165, 1.54) is 6.20 Å². The summed E-state index contributed by atoms with van der Waals surface area (Å²) in [6, 6.07) is 7.72. The Hall–Kier alpha value is -2.10. The summed E-state index contributed by atoms with van der Waals surface area (Å²) in [6.45, 7) is 4.02. The number of hydrogen-bond donors (Lipinski definition) is 1. The predicted molar refractivity (Wildman–Crippen MR) is 74.7 cm³/mol. The summed E-state index contributed by atoms with van der Waals surface area (Å²) in [5.41, 5.74) is 1.97. The Labute approximate surface area is 111 Å². The van der Waals surface area contributed by atoms with Crippen LogP contribution in [0.1, 0.15) is 23.7 Å². The van der Waals surface area contributed by atoms with Crippen molar-refractivity contribution >= 4 is 22.6 Å². The summed E-state index contributed by atoms with van der Waals surface area (Å²) in [6.07, 6.45) is 2.58. The Kier molecular flexibility index (Phi) is 2.85. The van der Waals surface area contributed by atoms with Gasteiger partial charge in [-0.3, -0.25) is 4.98 Å². The molecule has 0 spiro atoms. The first-order valence-corrected chi connectivity index (χ1v) is 6.53. The molecule has 2 heterocycles. The predicted octanol–water partition coefficient (Wildman–Crippen LogP) is 2.78. The van der Waals surface area contributed by atoms with Crippen LogP contribution in [0.15, 0.2) is 30.5 Å². The second-order valence-electron chi connectivity index (χ2n) is 5.18. The van der Waals surface area contributed by atoms with Gasteiger partial charge in [-0.05, 0) is 18.4 Å². The van der Waals surface area contributed by atoms with E-state index in [1.54, 1.807) is 0 Å². The van der Waals surface area contributed by atoms with Gasteiger partial charge in [-0.2, -0.15) is 0 Å². The van der Waals surface area contributed by atoms with Crippen molar-refractivity contribution in [1.82, 2.24) is 4.98 Å². The molecule has 1 fully saturated rings. The molecule has 1 atom stereocenters. The highest BCUT2D eigenvalue weighted by Crippen LogP contribution is 2.33. The molecule has 0 bridgehead atoms. The number of aromatic carboxylic acids is 1. The van der Waals surface area contributed by atoms with E-state index >= 15 is 0 Å². The molecule has 0 radical (unpaired) electrons. The average Bonchev–Trinajstić information content (AvgIpc) is 2.83. The van der Waals surface area contributed by atoms with Crippen LogP contribution in [-0.4, -0.2) is 29.1 Å². The fourth-order valence-corrected chi connectivity index (χ4v) is 2.76. The molecule has 2 aromatic rings. The number of carboxylic acid groups (broad SMARTS) is 1. The number of hydrogen-bond acceptors (Lipinski definition) is 3. The van der Waals surface area contributed by atoms with E-state index < -0.39 is 5.97 Å². The molecule has 1 saturated heterocycles. The van der Waals surface area contributed by atoms with Gasteiger partial charge in [-0.1, -0.05) is 25.1 Å². The molecule has 4 heteroatoms. The highest BCUT2D eigenvalue weighted by molar-refractivity contribution is 6.04. The molecule has 98 valence electrons. The van der Waals surface area contributed by atoms with E-state index in [9.17, 15) is 9.90 Å². The molecule has 19 heavy (non-hydrogen) atoms. The molecule has 1 aromatic carbocycles. The highest BCUT2D eigenvalue weighted by atomic mass is 16.4. The molecule has 1 aliphatic rings. The van der Waals surface area contributed by atoms with Crippen molar-refractivity contribution in [3.05, 3.63) is 36.0 Å². The number of fused-ring (bicyclic) bond motifs is 1. The Morgan fingerprint density at radius 1 is 1.42 bits per heavy atom. The maximum atomic E-state index is 11.4. The van der Waals surface area contributed by atoms with Crippen molar-refractivity contribution in [3.8, 4) is 0 Å². The normalized spacial score (nSPS) is 19.0. The van der Waals surface area contributed by atoms with Crippen molar-refractivity contribution in [2.45, 2.75) is 13.3 Å². The number of nitrogens with zero attached hydrogens (tertiary/aromatic N) is 2. The van der Waals surface area contributed by atoms with E-state index in [2.05, 4.69) is 16.8 Å². The minimum Gasteiger partial charge on any atom is -0.478 e. The third-order valence-corrected chi connectivity index (χ3v) is 3.72.